The van der Waals surface area contributed by atoms with Crippen LogP contribution in [0.2, 0.25) is 0 Å². The third-order valence-electron chi connectivity index (χ3n) is 4.29. The van der Waals surface area contributed by atoms with Gasteiger partial charge in [0.15, 0.2) is 0 Å². The zero-order chi connectivity index (χ0) is 19.6. The summed E-state index contributed by atoms with van der Waals surface area (Å²) in [6.07, 6.45) is 0. The molecule has 2 N–H and O–H groups in total. The lowest BCUT2D eigenvalue weighted by Crippen LogP contribution is -2.28. The molecule has 0 spiro atoms. The molecule has 0 saturated heterocycles. The van der Waals surface area contributed by atoms with Gasteiger partial charge in [0.1, 0.15) is 11.3 Å². The predicted molar refractivity (Wildman–Crippen MR) is 106 cm³/mol. The maximum absolute atomic E-state index is 13.2. The van der Waals surface area contributed by atoms with E-state index in [0.717, 1.165) is 0 Å². The molecule has 3 rings (SSSR count). The molecule has 6 heteroatoms. The summed E-state index contributed by atoms with van der Waals surface area (Å²) in [4.78, 5) is 25.0. The summed E-state index contributed by atoms with van der Waals surface area (Å²) in [5.41, 5.74) is 3.59. The van der Waals surface area contributed by atoms with Crippen LogP contribution in [0.4, 0.5) is 0 Å². The average Bonchev–Trinajstić information content (AvgIpc) is 2.67. The largest absolute Gasteiger partial charge is 0.506 e. The Morgan fingerprint density at radius 2 is 1.70 bits per heavy atom. The Balaban J connectivity index is 2.27. The van der Waals surface area contributed by atoms with Gasteiger partial charge in [0.25, 0.3) is 5.56 Å². The van der Waals surface area contributed by atoms with E-state index in [-0.39, 0.29) is 28.8 Å². The van der Waals surface area contributed by atoms with Crippen LogP contribution in [-0.2, 0) is 4.79 Å². The third-order valence-corrected chi connectivity index (χ3v) is 4.29. The number of aromatic hydroxyl groups is 1. The van der Waals surface area contributed by atoms with Crippen molar-refractivity contribution in [3.05, 3.63) is 70.5 Å². The number of nitrogens with zero attached hydrogens (tertiary/aromatic N) is 2. The summed E-state index contributed by atoms with van der Waals surface area (Å²) in [7, 11) is 0. The van der Waals surface area contributed by atoms with Gasteiger partial charge in [-0.3, -0.25) is 14.2 Å². The number of nitrogens with one attached hydrogen (secondary N) is 1. The van der Waals surface area contributed by atoms with Crippen LogP contribution in [0.1, 0.15) is 26.3 Å². The van der Waals surface area contributed by atoms with Crippen LogP contribution in [0.5, 0.6) is 5.75 Å². The smallest absolute Gasteiger partial charge is 0.268 e. The normalized spacial score (nSPS) is 11.8. The van der Waals surface area contributed by atoms with Crippen LogP contribution in [0, 0.1) is 5.92 Å². The van der Waals surface area contributed by atoms with Gasteiger partial charge in [-0.05, 0) is 31.2 Å². The number of fused-ring (bicyclic) bond motifs is 1. The van der Waals surface area contributed by atoms with Crippen LogP contribution in [-0.4, -0.2) is 21.3 Å². The van der Waals surface area contributed by atoms with Crippen molar-refractivity contribution in [3.8, 4) is 11.4 Å². The van der Waals surface area contributed by atoms with Gasteiger partial charge in [0.2, 0.25) is 5.91 Å². The molecule has 0 radical (unpaired) electrons. The van der Waals surface area contributed by atoms with Gasteiger partial charge in [-0.15, -0.1) is 0 Å². The predicted octanol–water partition coefficient (Wildman–Crippen LogP) is 3.19. The number of hydrogen-bond acceptors (Lipinski definition) is 4. The molecule has 6 nitrogen and oxygen atoms in total. The van der Waals surface area contributed by atoms with Gasteiger partial charge in [-0.25, -0.2) is 5.43 Å². The molecule has 27 heavy (non-hydrogen) atoms. The van der Waals surface area contributed by atoms with Gasteiger partial charge >= 0.3 is 0 Å². The highest BCUT2D eigenvalue weighted by molar-refractivity contribution is 6.05. The Kier molecular flexibility index (Phi) is 5.07. The second-order valence-electron chi connectivity index (χ2n) is 6.54. The Morgan fingerprint density at radius 1 is 1.07 bits per heavy atom. The average molecular weight is 363 g/mol. The minimum absolute atomic E-state index is 0.0570. The second-order valence-corrected chi connectivity index (χ2v) is 6.54. The molecule has 0 aliphatic heterocycles. The van der Waals surface area contributed by atoms with Crippen molar-refractivity contribution in [2.45, 2.75) is 20.8 Å². The molecule has 0 fully saturated rings. The highest BCUT2D eigenvalue weighted by atomic mass is 16.3. The third kappa shape index (κ3) is 3.46. The molecule has 2 aromatic carbocycles. The van der Waals surface area contributed by atoms with Crippen molar-refractivity contribution >= 4 is 22.5 Å². The number of hydrogen-bond donors (Lipinski definition) is 2. The van der Waals surface area contributed by atoms with Crippen molar-refractivity contribution in [1.29, 1.82) is 0 Å². The molecule has 3 aromatic rings. The molecule has 0 unspecified atom stereocenters. The topological polar surface area (TPSA) is 83.7 Å². The number of para-hydroxylation sites is 2. The SMILES string of the molecule is CC(=NNC(=O)C(C)C)c1c(O)c2ccccc2n(-c2ccccc2)c1=O. The highest BCUT2D eigenvalue weighted by Gasteiger charge is 2.19. The Labute approximate surface area is 156 Å². The van der Waals surface area contributed by atoms with E-state index in [9.17, 15) is 14.7 Å². The highest BCUT2D eigenvalue weighted by Crippen LogP contribution is 2.28. The van der Waals surface area contributed by atoms with Crippen LogP contribution < -0.4 is 11.0 Å². The maximum Gasteiger partial charge on any atom is 0.268 e. The summed E-state index contributed by atoms with van der Waals surface area (Å²) in [5.74, 6) is -0.659. The lowest BCUT2D eigenvalue weighted by atomic mass is 10.1. The molecule has 0 atom stereocenters. The van der Waals surface area contributed by atoms with Crippen LogP contribution in [0.3, 0.4) is 0 Å². The summed E-state index contributed by atoms with van der Waals surface area (Å²) >= 11 is 0. The molecular formula is C21H21N3O3. The first-order chi connectivity index (χ1) is 12.9. The molecule has 1 amide bonds. The van der Waals surface area contributed by atoms with E-state index in [4.69, 9.17) is 0 Å². The molecular weight excluding hydrogens is 342 g/mol. The zero-order valence-corrected chi connectivity index (χ0v) is 15.4. The van der Waals surface area contributed by atoms with Crippen LogP contribution in [0.15, 0.2) is 64.5 Å². The van der Waals surface area contributed by atoms with E-state index in [1.54, 1.807) is 39.0 Å². The summed E-state index contributed by atoms with van der Waals surface area (Å²) < 4.78 is 1.54. The zero-order valence-electron chi connectivity index (χ0n) is 15.4. The van der Waals surface area contributed by atoms with E-state index in [1.165, 1.54) is 4.57 Å². The number of pyridine rings is 1. The number of carbonyl (C=O) groups excluding carboxylic acids is 1. The van der Waals surface area contributed by atoms with Gasteiger partial charge in [-0.1, -0.05) is 44.2 Å². The van der Waals surface area contributed by atoms with E-state index in [0.29, 0.717) is 16.6 Å². The summed E-state index contributed by atoms with van der Waals surface area (Å²) in [5, 5.41) is 15.3. The van der Waals surface area contributed by atoms with Gasteiger partial charge in [0, 0.05) is 17.0 Å². The molecule has 0 bridgehead atoms. The Bertz CT molecular complexity index is 1080. The van der Waals surface area contributed by atoms with Crippen molar-refractivity contribution in [2.24, 2.45) is 11.0 Å². The van der Waals surface area contributed by atoms with Crippen LogP contribution >= 0.6 is 0 Å². The van der Waals surface area contributed by atoms with Crippen molar-refractivity contribution < 1.29 is 9.90 Å². The molecule has 0 aliphatic carbocycles. The van der Waals surface area contributed by atoms with Crippen LogP contribution in [0.25, 0.3) is 16.6 Å². The number of hydrazone groups is 1. The minimum atomic E-state index is -0.405. The Hall–Kier alpha value is -3.41. The van der Waals surface area contributed by atoms with E-state index < -0.39 is 5.56 Å². The van der Waals surface area contributed by atoms with Gasteiger partial charge in [0.05, 0.1) is 11.2 Å². The van der Waals surface area contributed by atoms with Crippen molar-refractivity contribution in [3.63, 3.8) is 0 Å². The fourth-order valence-corrected chi connectivity index (χ4v) is 2.81. The van der Waals surface area contributed by atoms with E-state index in [2.05, 4.69) is 10.5 Å². The van der Waals surface area contributed by atoms with Crippen molar-refractivity contribution in [1.82, 2.24) is 9.99 Å². The number of amides is 1. The summed E-state index contributed by atoms with van der Waals surface area (Å²) in [6.45, 7) is 5.08. The second kappa shape index (κ2) is 7.45. The standard InChI is InChI=1S/C21H21N3O3/c1-13(2)20(26)23-22-14(3)18-19(25)16-11-7-8-12-17(16)24(21(18)27)15-9-5-4-6-10-15/h4-13,25H,1-3H3,(H,23,26). The molecule has 138 valence electrons. The first kappa shape index (κ1) is 18.4. The van der Waals surface area contributed by atoms with E-state index >= 15 is 0 Å². The number of carbonyl (C=O) groups is 1. The molecule has 0 aliphatic rings. The monoisotopic (exact) mass is 363 g/mol. The first-order valence-electron chi connectivity index (χ1n) is 8.68. The van der Waals surface area contributed by atoms with E-state index in [1.807, 2.05) is 36.4 Å². The fraction of sp³-hybridized carbons (Fsp3) is 0.190. The molecule has 0 saturated carbocycles. The van der Waals surface area contributed by atoms with Gasteiger partial charge < -0.3 is 5.11 Å². The number of benzene rings is 2. The lowest BCUT2D eigenvalue weighted by molar-refractivity contribution is -0.123. The quantitative estimate of drug-likeness (QED) is 0.551. The minimum Gasteiger partial charge on any atom is -0.506 e. The molecule has 1 aromatic heterocycles. The van der Waals surface area contributed by atoms with Crippen molar-refractivity contribution in [2.75, 3.05) is 0 Å². The Morgan fingerprint density at radius 3 is 2.37 bits per heavy atom. The molecule has 1 heterocycles. The first-order valence-corrected chi connectivity index (χ1v) is 8.68. The fourth-order valence-electron chi connectivity index (χ4n) is 2.81. The number of aromatic nitrogens is 1. The number of rotatable bonds is 4. The van der Waals surface area contributed by atoms with Gasteiger partial charge in [-0.2, -0.15) is 5.10 Å². The lowest BCUT2D eigenvalue weighted by Gasteiger charge is -2.15. The summed E-state index contributed by atoms with van der Waals surface area (Å²) in [6, 6.07) is 16.3. The maximum atomic E-state index is 13.2.